The lowest BCUT2D eigenvalue weighted by Crippen LogP contribution is -2.61. The first-order chi connectivity index (χ1) is 24.2. The SMILES string of the molecule is CCOc1ccc2c(c1)N(C)CCn1c-2c(C2CCCCC2)c2ccc(C(=O)NC3(C(=O)Nc4ccc(/C=C/C(=O)O)c(Cl)c4)CCC3)cc21. The van der Waals surface area contributed by atoms with Crippen molar-refractivity contribution in [3.63, 3.8) is 0 Å². The number of nitrogens with zero attached hydrogens (tertiary/aromatic N) is 2. The maximum absolute atomic E-state index is 14.0. The molecule has 3 aromatic carbocycles. The number of carbonyl (C=O) groups excluding carboxylic acids is 2. The van der Waals surface area contributed by atoms with E-state index in [1.807, 2.05) is 19.1 Å². The number of likely N-dealkylation sites (N-methyl/N-ethyl adjacent to an activating group) is 1. The van der Waals surface area contributed by atoms with Crippen molar-refractivity contribution in [3.8, 4) is 17.0 Å². The Hall–Kier alpha value is -4.76. The van der Waals surface area contributed by atoms with E-state index in [1.165, 1.54) is 47.5 Å². The predicted molar refractivity (Wildman–Crippen MR) is 198 cm³/mol. The molecular formula is C40H43ClN4O5. The molecule has 2 heterocycles. The van der Waals surface area contributed by atoms with Crippen molar-refractivity contribution in [3.05, 3.63) is 82.4 Å². The van der Waals surface area contributed by atoms with Crippen LogP contribution in [0.15, 0.2) is 60.7 Å². The molecular weight excluding hydrogens is 652 g/mol. The van der Waals surface area contributed by atoms with Gasteiger partial charge in [-0.2, -0.15) is 0 Å². The Morgan fingerprint density at radius 3 is 2.50 bits per heavy atom. The van der Waals surface area contributed by atoms with E-state index in [4.69, 9.17) is 21.4 Å². The van der Waals surface area contributed by atoms with Gasteiger partial charge in [-0.05, 0) is 98.5 Å². The summed E-state index contributed by atoms with van der Waals surface area (Å²) in [5, 5.41) is 16.5. The lowest BCUT2D eigenvalue weighted by molar-refractivity contribution is -0.131. The van der Waals surface area contributed by atoms with Gasteiger partial charge in [0.25, 0.3) is 5.91 Å². The molecule has 50 heavy (non-hydrogen) atoms. The van der Waals surface area contributed by atoms with Gasteiger partial charge in [-0.15, -0.1) is 0 Å². The van der Waals surface area contributed by atoms with Crippen LogP contribution in [0.4, 0.5) is 11.4 Å². The predicted octanol–water partition coefficient (Wildman–Crippen LogP) is 8.25. The van der Waals surface area contributed by atoms with E-state index >= 15 is 0 Å². The molecule has 0 bridgehead atoms. The minimum atomic E-state index is -1.08. The number of fused-ring (bicyclic) bond motifs is 5. The number of ether oxygens (including phenoxy) is 1. The van der Waals surface area contributed by atoms with Crippen molar-refractivity contribution in [2.24, 2.45) is 0 Å². The molecule has 10 heteroatoms. The van der Waals surface area contributed by atoms with E-state index in [0.29, 0.717) is 47.2 Å². The maximum Gasteiger partial charge on any atom is 0.328 e. The lowest BCUT2D eigenvalue weighted by atomic mass is 9.75. The number of halogens is 1. The number of carbonyl (C=O) groups is 3. The molecule has 3 aliphatic rings. The van der Waals surface area contributed by atoms with E-state index in [9.17, 15) is 14.4 Å². The standard InChI is InChI=1S/C40H43ClN4O5/c1-3-50-29-14-16-31-33(24-29)44(2)20-21-45-34-22-27(11-15-30(34)36(37(31)45)26-8-5-4-6-9-26)38(48)43-40(18-7-19-40)39(49)42-28-13-10-25(32(41)23-28)12-17-35(46)47/h10-17,22-24,26H,3-9,18-21H2,1-2H3,(H,42,49)(H,43,48)(H,46,47)/b17-12+. The van der Waals surface area contributed by atoms with Gasteiger partial charge < -0.3 is 29.9 Å². The third kappa shape index (κ3) is 6.35. The van der Waals surface area contributed by atoms with Crippen LogP contribution in [-0.4, -0.2) is 53.2 Å². The summed E-state index contributed by atoms with van der Waals surface area (Å²) in [7, 11) is 2.13. The van der Waals surface area contributed by atoms with Gasteiger partial charge in [0.05, 0.1) is 12.3 Å². The van der Waals surface area contributed by atoms with Gasteiger partial charge >= 0.3 is 5.97 Å². The maximum atomic E-state index is 14.0. The van der Waals surface area contributed by atoms with Crippen molar-refractivity contribution in [1.82, 2.24) is 9.88 Å². The number of anilines is 2. The Kier molecular flexibility index (Phi) is 9.35. The first kappa shape index (κ1) is 33.7. The second-order valence-electron chi connectivity index (χ2n) is 13.8. The first-order valence-corrected chi connectivity index (χ1v) is 18.0. The Bertz CT molecular complexity index is 2010. The zero-order valence-corrected chi connectivity index (χ0v) is 29.3. The Labute approximate surface area is 297 Å². The van der Waals surface area contributed by atoms with Gasteiger partial charge in [-0.25, -0.2) is 4.79 Å². The van der Waals surface area contributed by atoms with Gasteiger partial charge in [0.15, 0.2) is 0 Å². The molecule has 4 aromatic rings. The number of benzene rings is 3. The highest BCUT2D eigenvalue weighted by atomic mass is 35.5. The number of carboxylic acids is 1. The zero-order chi connectivity index (χ0) is 35.0. The fourth-order valence-corrected chi connectivity index (χ4v) is 8.12. The topological polar surface area (TPSA) is 113 Å². The number of hydrogen-bond acceptors (Lipinski definition) is 5. The molecule has 2 amide bonds. The van der Waals surface area contributed by atoms with Crippen LogP contribution < -0.4 is 20.3 Å². The Morgan fingerprint density at radius 1 is 1.00 bits per heavy atom. The summed E-state index contributed by atoms with van der Waals surface area (Å²) in [6.07, 6.45) is 10.3. The zero-order valence-electron chi connectivity index (χ0n) is 28.6. The molecule has 0 saturated heterocycles. The fraction of sp³-hybridized carbons (Fsp3) is 0.375. The minimum absolute atomic E-state index is 0.281. The molecule has 0 unspecified atom stereocenters. The number of aliphatic carboxylic acids is 1. The van der Waals surface area contributed by atoms with Crippen LogP contribution in [0.5, 0.6) is 5.75 Å². The highest BCUT2D eigenvalue weighted by Gasteiger charge is 2.45. The lowest BCUT2D eigenvalue weighted by Gasteiger charge is -2.40. The number of carboxylic acid groups (broad SMARTS) is 1. The number of rotatable bonds is 9. The summed E-state index contributed by atoms with van der Waals surface area (Å²) >= 11 is 6.36. The molecule has 7 rings (SSSR count). The molecule has 9 nitrogen and oxygen atoms in total. The van der Waals surface area contributed by atoms with Gasteiger partial charge in [-0.3, -0.25) is 9.59 Å². The summed E-state index contributed by atoms with van der Waals surface area (Å²) in [6, 6.07) is 17.3. The van der Waals surface area contributed by atoms with Crippen LogP contribution in [0.3, 0.4) is 0 Å². The fourth-order valence-electron chi connectivity index (χ4n) is 7.88. The number of aromatic nitrogens is 1. The van der Waals surface area contributed by atoms with Crippen molar-refractivity contribution in [2.45, 2.75) is 76.3 Å². The normalized spacial score (nSPS) is 17.1. The van der Waals surface area contributed by atoms with Crippen molar-refractivity contribution in [2.75, 3.05) is 30.4 Å². The molecule has 2 saturated carbocycles. The van der Waals surface area contributed by atoms with Crippen LogP contribution >= 0.6 is 11.6 Å². The van der Waals surface area contributed by atoms with Gasteiger partial charge in [0.1, 0.15) is 11.3 Å². The quantitative estimate of drug-likeness (QED) is 0.152. The van der Waals surface area contributed by atoms with E-state index in [2.05, 4.69) is 51.4 Å². The second kappa shape index (κ2) is 13.9. The second-order valence-corrected chi connectivity index (χ2v) is 14.2. The summed E-state index contributed by atoms with van der Waals surface area (Å²) < 4.78 is 8.30. The van der Waals surface area contributed by atoms with Crippen molar-refractivity contribution >= 4 is 57.7 Å². The summed E-state index contributed by atoms with van der Waals surface area (Å²) in [5.41, 5.74) is 6.48. The average molecular weight is 695 g/mol. The molecule has 2 fully saturated rings. The smallest absolute Gasteiger partial charge is 0.328 e. The van der Waals surface area contributed by atoms with E-state index in [-0.39, 0.29) is 11.8 Å². The van der Waals surface area contributed by atoms with E-state index in [1.54, 1.807) is 18.2 Å². The van der Waals surface area contributed by atoms with Gasteiger partial charge in [0, 0.05) is 70.7 Å². The minimum Gasteiger partial charge on any atom is -0.494 e. The molecule has 0 spiro atoms. The van der Waals surface area contributed by atoms with Crippen LogP contribution in [0.2, 0.25) is 5.02 Å². The third-order valence-corrected chi connectivity index (χ3v) is 11.0. The monoisotopic (exact) mass is 694 g/mol. The van der Waals surface area contributed by atoms with Crippen LogP contribution in [0.25, 0.3) is 28.2 Å². The summed E-state index contributed by atoms with van der Waals surface area (Å²) in [6.45, 7) is 4.20. The molecule has 1 aromatic heterocycles. The van der Waals surface area contributed by atoms with Gasteiger partial charge in [-0.1, -0.05) is 43.0 Å². The largest absolute Gasteiger partial charge is 0.494 e. The Morgan fingerprint density at radius 2 is 1.80 bits per heavy atom. The molecule has 2 aliphatic carbocycles. The molecule has 0 atom stereocenters. The van der Waals surface area contributed by atoms with Crippen molar-refractivity contribution in [1.29, 1.82) is 0 Å². The molecule has 0 radical (unpaired) electrons. The van der Waals surface area contributed by atoms with E-state index in [0.717, 1.165) is 55.4 Å². The summed E-state index contributed by atoms with van der Waals surface area (Å²) in [5.74, 6) is -0.348. The Balaban J connectivity index is 1.21. The van der Waals surface area contributed by atoms with Gasteiger partial charge in [0.2, 0.25) is 5.91 Å². The van der Waals surface area contributed by atoms with Crippen LogP contribution in [-0.2, 0) is 16.1 Å². The van der Waals surface area contributed by atoms with E-state index < -0.39 is 11.5 Å². The van der Waals surface area contributed by atoms with Crippen LogP contribution in [0, 0.1) is 0 Å². The van der Waals surface area contributed by atoms with Crippen molar-refractivity contribution < 1.29 is 24.2 Å². The molecule has 260 valence electrons. The molecule has 3 N–H and O–H groups in total. The number of amides is 2. The third-order valence-electron chi connectivity index (χ3n) is 10.6. The number of nitrogens with one attached hydrogen (secondary N) is 2. The van der Waals surface area contributed by atoms with Crippen LogP contribution in [0.1, 0.15) is 85.7 Å². The number of hydrogen-bond donors (Lipinski definition) is 3. The molecule has 1 aliphatic heterocycles. The average Bonchev–Trinajstić information content (AvgIpc) is 3.34. The summed E-state index contributed by atoms with van der Waals surface area (Å²) in [4.78, 5) is 40.8. The first-order valence-electron chi connectivity index (χ1n) is 17.7. The highest BCUT2D eigenvalue weighted by Crippen LogP contribution is 2.48. The highest BCUT2D eigenvalue weighted by molar-refractivity contribution is 6.32.